The number of anilines is 1. The highest BCUT2D eigenvalue weighted by Gasteiger charge is 2.29. The second-order valence-corrected chi connectivity index (χ2v) is 10.9. The van der Waals surface area contributed by atoms with Gasteiger partial charge < -0.3 is 19.2 Å². The number of carbonyl (C=O) groups is 2. The molecule has 12 heteroatoms. The summed E-state index contributed by atoms with van der Waals surface area (Å²) in [6, 6.07) is 23.1. The predicted octanol–water partition coefficient (Wildman–Crippen LogP) is 3.64. The van der Waals surface area contributed by atoms with Gasteiger partial charge in [-0.15, -0.1) is 0 Å². The molecule has 0 unspecified atom stereocenters. The van der Waals surface area contributed by atoms with Gasteiger partial charge in [0.1, 0.15) is 23.8 Å². The number of ether oxygens (including phenoxy) is 2. The number of aryl methyl sites for hydroxylation is 1. The molecule has 1 heterocycles. The number of hydrogen-bond donors (Lipinski definition) is 2. The Morgan fingerprint density at radius 3 is 2.43 bits per heavy atom. The van der Waals surface area contributed by atoms with Crippen molar-refractivity contribution in [2.24, 2.45) is 5.10 Å². The summed E-state index contributed by atoms with van der Waals surface area (Å²) in [6.45, 7) is 1.38. The minimum absolute atomic E-state index is 0.0298. The highest BCUT2D eigenvalue weighted by Crippen LogP contribution is 2.33. The van der Waals surface area contributed by atoms with Crippen molar-refractivity contribution in [3.63, 3.8) is 0 Å². The summed E-state index contributed by atoms with van der Waals surface area (Å²) in [5, 5.41) is 6.65. The van der Waals surface area contributed by atoms with E-state index in [4.69, 9.17) is 13.9 Å². The predicted molar refractivity (Wildman–Crippen MR) is 157 cm³/mol. The van der Waals surface area contributed by atoms with Gasteiger partial charge in [0.15, 0.2) is 6.61 Å². The maximum atomic E-state index is 13.6. The fraction of sp³-hybridized carbons (Fsp3) is 0.167. The van der Waals surface area contributed by atoms with Gasteiger partial charge in [-0.1, -0.05) is 24.3 Å². The first-order valence-corrected chi connectivity index (χ1v) is 14.3. The SMILES string of the molecule is COc1ccc(C)cc1N(CC(=O)N/N=C\c1ccc(OCC(=O)NCc2ccco2)cc1)S(=O)(=O)c1ccccc1. The third-order valence-electron chi connectivity index (χ3n) is 5.91. The van der Waals surface area contributed by atoms with Crippen molar-refractivity contribution in [2.75, 3.05) is 24.6 Å². The van der Waals surface area contributed by atoms with Gasteiger partial charge in [-0.3, -0.25) is 13.9 Å². The molecule has 0 radical (unpaired) electrons. The van der Waals surface area contributed by atoms with Crippen LogP contribution in [-0.2, 0) is 26.2 Å². The number of furan rings is 1. The molecule has 0 bridgehead atoms. The molecule has 0 saturated heterocycles. The number of methoxy groups -OCH3 is 1. The minimum atomic E-state index is -4.11. The highest BCUT2D eigenvalue weighted by atomic mass is 32.2. The van der Waals surface area contributed by atoms with E-state index in [2.05, 4.69) is 15.8 Å². The van der Waals surface area contributed by atoms with E-state index in [9.17, 15) is 18.0 Å². The molecule has 1 aromatic heterocycles. The fourth-order valence-corrected chi connectivity index (χ4v) is 5.25. The van der Waals surface area contributed by atoms with Crippen molar-refractivity contribution in [2.45, 2.75) is 18.4 Å². The second-order valence-electron chi connectivity index (χ2n) is 9.01. The van der Waals surface area contributed by atoms with Crippen molar-refractivity contribution in [3.05, 3.63) is 108 Å². The summed E-state index contributed by atoms with van der Waals surface area (Å²) in [4.78, 5) is 24.9. The molecule has 11 nitrogen and oxygen atoms in total. The Balaban J connectivity index is 1.37. The molecule has 2 amide bonds. The largest absolute Gasteiger partial charge is 0.495 e. The maximum Gasteiger partial charge on any atom is 0.264 e. The molecule has 42 heavy (non-hydrogen) atoms. The average Bonchev–Trinajstić information content (AvgIpc) is 3.53. The monoisotopic (exact) mass is 590 g/mol. The van der Waals surface area contributed by atoms with Crippen molar-refractivity contribution >= 4 is 33.7 Å². The summed E-state index contributed by atoms with van der Waals surface area (Å²) in [5.41, 5.74) is 4.04. The highest BCUT2D eigenvalue weighted by molar-refractivity contribution is 7.92. The van der Waals surface area contributed by atoms with E-state index in [1.165, 1.54) is 31.7 Å². The number of hydrogen-bond acceptors (Lipinski definition) is 8. The van der Waals surface area contributed by atoms with E-state index in [0.717, 1.165) is 9.87 Å². The van der Waals surface area contributed by atoms with E-state index >= 15 is 0 Å². The first-order valence-electron chi connectivity index (χ1n) is 12.8. The van der Waals surface area contributed by atoms with Gasteiger partial charge in [0.2, 0.25) is 0 Å². The molecule has 4 rings (SSSR count). The zero-order valence-electron chi connectivity index (χ0n) is 23.0. The molecule has 0 saturated carbocycles. The fourth-order valence-electron chi connectivity index (χ4n) is 3.81. The van der Waals surface area contributed by atoms with E-state index in [0.29, 0.717) is 22.8 Å². The number of benzene rings is 3. The lowest BCUT2D eigenvalue weighted by molar-refractivity contribution is -0.123. The summed E-state index contributed by atoms with van der Waals surface area (Å²) in [6.07, 6.45) is 2.93. The van der Waals surface area contributed by atoms with Gasteiger partial charge in [0.05, 0.1) is 36.7 Å². The molecule has 0 fully saturated rings. The van der Waals surface area contributed by atoms with Crippen molar-refractivity contribution in [1.29, 1.82) is 0 Å². The summed E-state index contributed by atoms with van der Waals surface area (Å²) < 4.78 is 44.2. The quantitative estimate of drug-likeness (QED) is 0.179. The van der Waals surface area contributed by atoms with E-state index in [-0.39, 0.29) is 29.6 Å². The lowest BCUT2D eigenvalue weighted by Crippen LogP contribution is -2.39. The van der Waals surface area contributed by atoms with Gasteiger partial charge in [0, 0.05) is 0 Å². The van der Waals surface area contributed by atoms with E-state index < -0.39 is 22.5 Å². The van der Waals surface area contributed by atoms with Crippen LogP contribution in [0.3, 0.4) is 0 Å². The number of nitrogens with zero attached hydrogens (tertiary/aromatic N) is 2. The number of hydrazone groups is 1. The first kappa shape index (κ1) is 29.9. The first-order chi connectivity index (χ1) is 20.3. The van der Waals surface area contributed by atoms with Crippen molar-refractivity contribution in [3.8, 4) is 11.5 Å². The average molecular weight is 591 g/mol. The summed E-state index contributed by atoms with van der Waals surface area (Å²) in [7, 11) is -2.68. The lowest BCUT2D eigenvalue weighted by atomic mass is 10.2. The molecule has 3 aromatic carbocycles. The van der Waals surface area contributed by atoms with Crippen LogP contribution in [0.25, 0.3) is 0 Å². The number of nitrogens with one attached hydrogen (secondary N) is 2. The minimum Gasteiger partial charge on any atom is -0.495 e. The normalized spacial score (nSPS) is 11.2. The topological polar surface area (TPSA) is 140 Å². The Morgan fingerprint density at radius 2 is 1.74 bits per heavy atom. The summed E-state index contributed by atoms with van der Waals surface area (Å²) >= 11 is 0. The van der Waals surface area contributed by atoms with Gasteiger partial charge in [-0.05, 0) is 78.7 Å². The molecule has 0 aliphatic rings. The molecular formula is C30H30N4O7S. The Morgan fingerprint density at radius 1 is 0.976 bits per heavy atom. The Hall–Kier alpha value is -5.10. The third-order valence-corrected chi connectivity index (χ3v) is 7.69. The number of carbonyl (C=O) groups excluding carboxylic acids is 2. The van der Waals surface area contributed by atoms with Gasteiger partial charge in [0.25, 0.3) is 21.8 Å². The molecule has 218 valence electrons. The molecule has 0 atom stereocenters. The van der Waals surface area contributed by atoms with Crippen LogP contribution in [-0.4, -0.2) is 46.7 Å². The molecular weight excluding hydrogens is 560 g/mol. The Labute approximate surface area is 243 Å². The van der Waals surface area contributed by atoms with Crippen molar-refractivity contribution in [1.82, 2.24) is 10.7 Å². The molecule has 0 aliphatic heterocycles. The van der Waals surface area contributed by atoms with Gasteiger partial charge in [-0.25, -0.2) is 13.8 Å². The maximum absolute atomic E-state index is 13.6. The third kappa shape index (κ3) is 7.98. The lowest BCUT2D eigenvalue weighted by Gasteiger charge is -2.25. The Kier molecular flexibility index (Phi) is 9.95. The Bertz CT molecular complexity index is 1620. The smallest absolute Gasteiger partial charge is 0.264 e. The van der Waals surface area contributed by atoms with E-state index in [1.807, 2.05) is 6.92 Å². The number of amides is 2. The molecule has 4 aromatic rings. The van der Waals surface area contributed by atoms with Crippen LogP contribution in [0.15, 0.2) is 106 Å². The zero-order chi connectivity index (χ0) is 30.0. The second kappa shape index (κ2) is 14.0. The summed E-state index contributed by atoms with van der Waals surface area (Å²) in [5.74, 6) is 0.451. The van der Waals surface area contributed by atoms with Gasteiger partial charge in [-0.2, -0.15) is 5.10 Å². The number of rotatable bonds is 13. The molecule has 2 N–H and O–H groups in total. The van der Waals surface area contributed by atoms with Crippen LogP contribution in [0.1, 0.15) is 16.9 Å². The molecule has 0 spiro atoms. The van der Waals surface area contributed by atoms with Crippen molar-refractivity contribution < 1.29 is 31.9 Å². The zero-order valence-corrected chi connectivity index (χ0v) is 23.8. The molecule has 0 aliphatic carbocycles. The standard InChI is InChI=1S/C30H30N4O7S/c1-22-10-15-28(39-2)27(17-22)34(42(37,38)26-8-4-3-5-9-26)20-29(35)33-32-18-23-11-13-24(14-12-23)41-21-30(36)31-19-25-7-6-16-40-25/h3-18H,19-21H2,1-2H3,(H,31,36)(H,33,35)/b32-18-. The van der Waals surface area contributed by atoms with E-state index in [1.54, 1.807) is 72.8 Å². The van der Waals surface area contributed by atoms with Crippen LogP contribution in [0.5, 0.6) is 11.5 Å². The van der Waals surface area contributed by atoms with Crippen LogP contribution >= 0.6 is 0 Å². The van der Waals surface area contributed by atoms with Crippen LogP contribution in [0, 0.1) is 6.92 Å². The van der Waals surface area contributed by atoms with Crippen LogP contribution in [0.4, 0.5) is 5.69 Å². The van der Waals surface area contributed by atoms with Crippen LogP contribution < -0.4 is 24.5 Å². The van der Waals surface area contributed by atoms with Crippen LogP contribution in [0.2, 0.25) is 0 Å². The number of sulfonamides is 1. The van der Waals surface area contributed by atoms with Gasteiger partial charge >= 0.3 is 0 Å².